The Morgan fingerprint density at radius 2 is 1.92 bits per heavy atom. The molecule has 4 nitrogen and oxygen atoms in total. The van der Waals surface area contributed by atoms with Crippen LogP contribution in [0.1, 0.15) is 31.1 Å². The molecule has 0 spiro atoms. The number of fused-ring (bicyclic) bond motifs is 1. The van der Waals surface area contributed by atoms with Crippen LogP contribution in [0.25, 0.3) is 0 Å². The molecule has 1 amide bonds. The molecule has 0 unspecified atom stereocenters. The molecule has 5 heteroatoms. The molecular weight excluding hydrogens is 299 g/mol. The van der Waals surface area contributed by atoms with Gasteiger partial charge in [0.25, 0.3) is 7.28 Å². The van der Waals surface area contributed by atoms with Gasteiger partial charge in [-0.25, -0.2) is 0 Å². The molecule has 0 saturated carbocycles. The first-order valence-corrected chi connectivity index (χ1v) is 8.20. The van der Waals surface area contributed by atoms with Gasteiger partial charge in [-0.3, -0.25) is 4.79 Å². The van der Waals surface area contributed by atoms with Crippen molar-refractivity contribution < 1.29 is 9.90 Å². The zero-order chi connectivity index (χ0) is 17.2. The molecule has 1 aliphatic rings. The second-order valence-corrected chi connectivity index (χ2v) is 6.89. The van der Waals surface area contributed by atoms with E-state index in [0.29, 0.717) is 6.54 Å². The number of aliphatic hydroxyl groups excluding tert-OH is 1. The molecule has 0 fully saturated rings. The number of nitrogens with one attached hydrogen (secondary N) is 2. The van der Waals surface area contributed by atoms with E-state index in [1.54, 1.807) is 7.28 Å². The van der Waals surface area contributed by atoms with Crippen molar-refractivity contribution in [1.82, 2.24) is 5.32 Å². The number of benzene rings is 2. The fourth-order valence-corrected chi connectivity index (χ4v) is 3.10. The number of carbonyl (C=O) groups is 1. The Kier molecular flexibility index (Phi) is 4.74. The molecule has 3 N–H and O–H groups in total. The molecule has 24 heavy (non-hydrogen) atoms. The zero-order valence-electron chi connectivity index (χ0n) is 14.0. The molecule has 3 rings (SSSR count). The number of hydrogen-bond donors (Lipinski definition) is 3. The summed E-state index contributed by atoms with van der Waals surface area (Å²) in [5, 5.41) is 16.8. The average molecular weight is 321 g/mol. The van der Waals surface area contributed by atoms with Gasteiger partial charge >= 0.3 is 0 Å². The lowest BCUT2D eigenvalue weighted by Crippen LogP contribution is -2.44. The Morgan fingerprint density at radius 3 is 2.67 bits per heavy atom. The number of anilines is 1. The van der Waals surface area contributed by atoms with E-state index in [-0.39, 0.29) is 11.3 Å². The van der Waals surface area contributed by atoms with Gasteiger partial charge in [-0.2, -0.15) is 0 Å². The lowest BCUT2D eigenvalue weighted by atomic mass is 9.69. The van der Waals surface area contributed by atoms with E-state index in [1.807, 2.05) is 36.4 Å². The van der Waals surface area contributed by atoms with Crippen LogP contribution in [-0.2, 0) is 6.42 Å². The Hall–Kier alpha value is -2.11. The van der Waals surface area contributed by atoms with E-state index in [2.05, 4.69) is 36.6 Å². The van der Waals surface area contributed by atoms with Gasteiger partial charge in [-0.15, -0.1) is 0 Å². The van der Waals surface area contributed by atoms with Gasteiger partial charge in [0.2, 0.25) is 0 Å². The highest BCUT2D eigenvalue weighted by Gasteiger charge is 2.26. The molecule has 2 aromatic rings. The average Bonchev–Trinajstić information content (AvgIpc) is 2.93. The first-order valence-electron chi connectivity index (χ1n) is 8.20. The Bertz CT molecular complexity index is 731. The SMILES string of the molecule is CC(C)(Cc1ccccc1)NC[C@H](O)c1cccc2c1[B]C(=O)N2. The summed E-state index contributed by atoms with van der Waals surface area (Å²) in [5.74, 6) is -0.137. The minimum atomic E-state index is -0.668. The van der Waals surface area contributed by atoms with E-state index in [4.69, 9.17) is 0 Å². The number of β-amino-alcohol motifs (C(OH)–C–C–N with tert-alkyl or cyclic N) is 1. The van der Waals surface area contributed by atoms with Crippen LogP contribution < -0.4 is 16.1 Å². The van der Waals surface area contributed by atoms with Crippen LogP contribution in [0.4, 0.5) is 10.5 Å². The molecule has 0 bridgehead atoms. The number of carbonyl (C=O) groups excluding carboxylic acids is 1. The van der Waals surface area contributed by atoms with Crippen molar-refractivity contribution in [3.63, 3.8) is 0 Å². The Labute approximate surface area is 143 Å². The van der Waals surface area contributed by atoms with E-state index >= 15 is 0 Å². The molecular formula is C19H22BN2O2. The van der Waals surface area contributed by atoms with Gasteiger partial charge in [-0.1, -0.05) is 42.5 Å². The standard InChI is InChI=1S/C19H22BN2O2/c1-19(2,11-13-7-4-3-5-8-13)21-12-16(23)14-9-6-10-15-17(14)20-18(24)22-15/h3-10,16,21,23H,11-12H2,1-2H3,(H,22,24)/t16-/m0/s1. The lowest BCUT2D eigenvalue weighted by Gasteiger charge is -2.28. The minimum absolute atomic E-state index is 0.137. The lowest BCUT2D eigenvalue weighted by molar-refractivity contribution is 0.161. The van der Waals surface area contributed by atoms with Gasteiger partial charge in [0, 0.05) is 17.8 Å². The largest absolute Gasteiger partial charge is 0.387 e. The monoisotopic (exact) mass is 321 g/mol. The third-order valence-electron chi connectivity index (χ3n) is 4.30. The highest BCUT2D eigenvalue weighted by atomic mass is 16.3. The van der Waals surface area contributed by atoms with Crippen molar-refractivity contribution in [3.8, 4) is 0 Å². The number of hydrogen-bond acceptors (Lipinski definition) is 3. The molecule has 1 atom stereocenters. The fraction of sp³-hybridized carbons (Fsp3) is 0.316. The molecule has 0 aromatic heterocycles. The summed E-state index contributed by atoms with van der Waals surface area (Å²) in [6.07, 6.45) is 0.207. The fourth-order valence-electron chi connectivity index (χ4n) is 3.10. The molecule has 123 valence electrons. The summed E-state index contributed by atoms with van der Waals surface area (Å²) in [4.78, 5) is 11.5. The smallest absolute Gasteiger partial charge is 0.274 e. The normalized spacial score (nSPS) is 14.7. The van der Waals surface area contributed by atoms with Crippen LogP contribution in [0.3, 0.4) is 0 Å². The highest BCUT2D eigenvalue weighted by Crippen LogP contribution is 2.19. The molecule has 1 radical (unpaired) electrons. The summed E-state index contributed by atoms with van der Waals surface area (Å²) >= 11 is 0. The molecule has 2 aromatic carbocycles. The molecule has 1 heterocycles. The van der Waals surface area contributed by atoms with Crippen LogP contribution in [0.2, 0.25) is 0 Å². The number of rotatable bonds is 6. The van der Waals surface area contributed by atoms with Crippen LogP contribution in [0.15, 0.2) is 48.5 Å². The van der Waals surface area contributed by atoms with Crippen LogP contribution >= 0.6 is 0 Å². The maximum Gasteiger partial charge on any atom is 0.274 e. The molecule has 0 aliphatic carbocycles. The maximum atomic E-state index is 11.5. The van der Waals surface area contributed by atoms with Crippen molar-refractivity contribution in [3.05, 3.63) is 59.7 Å². The number of aliphatic hydroxyl groups is 1. The van der Waals surface area contributed by atoms with Gasteiger partial charge in [0.05, 0.1) is 6.10 Å². The van der Waals surface area contributed by atoms with E-state index < -0.39 is 6.10 Å². The van der Waals surface area contributed by atoms with Crippen molar-refractivity contribution >= 4 is 24.2 Å². The zero-order valence-corrected chi connectivity index (χ0v) is 14.0. The van der Waals surface area contributed by atoms with E-state index in [1.165, 1.54) is 5.56 Å². The van der Waals surface area contributed by atoms with Gasteiger partial charge in [0.1, 0.15) is 0 Å². The number of amides is 1. The van der Waals surface area contributed by atoms with Gasteiger partial charge in [-0.05, 0) is 42.9 Å². The van der Waals surface area contributed by atoms with Crippen LogP contribution in [-0.4, -0.2) is 30.3 Å². The van der Waals surface area contributed by atoms with Crippen LogP contribution in [0.5, 0.6) is 0 Å². The third kappa shape index (κ3) is 3.86. The predicted octanol–water partition coefficient (Wildman–Crippen LogP) is 2.21. The van der Waals surface area contributed by atoms with Gasteiger partial charge in [0.15, 0.2) is 5.81 Å². The molecule has 1 aliphatic heterocycles. The minimum Gasteiger partial charge on any atom is -0.387 e. The first kappa shape index (κ1) is 16.7. The second-order valence-electron chi connectivity index (χ2n) is 6.89. The summed E-state index contributed by atoms with van der Waals surface area (Å²) in [7, 11) is 1.54. The first-order chi connectivity index (χ1) is 11.4. The van der Waals surface area contributed by atoms with Crippen molar-refractivity contribution in [1.29, 1.82) is 0 Å². The maximum absolute atomic E-state index is 11.5. The van der Waals surface area contributed by atoms with Crippen molar-refractivity contribution in [2.45, 2.75) is 31.9 Å². The highest BCUT2D eigenvalue weighted by molar-refractivity contribution is 6.89. The summed E-state index contributed by atoms with van der Waals surface area (Å²) in [5.41, 5.74) is 3.44. The van der Waals surface area contributed by atoms with E-state index in [0.717, 1.165) is 23.1 Å². The molecule has 0 saturated heterocycles. The quantitative estimate of drug-likeness (QED) is 0.715. The van der Waals surface area contributed by atoms with Crippen molar-refractivity contribution in [2.24, 2.45) is 0 Å². The topological polar surface area (TPSA) is 61.4 Å². The van der Waals surface area contributed by atoms with Crippen LogP contribution in [0, 0.1) is 0 Å². The summed E-state index contributed by atoms with van der Waals surface area (Å²) < 4.78 is 0. The van der Waals surface area contributed by atoms with Gasteiger partial charge < -0.3 is 15.7 Å². The van der Waals surface area contributed by atoms with E-state index in [9.17, 15) is 9.90 Å². The predicted molar refractivity (Wildman–Crippen MR) is 98.0 cm³/mol. The van der Waals surface area contributed by atoms with Crippen molar-refractivity contribution in [2.75, 3.05) is 11.9 Å². The third-order valence-corrected chi connectivity index (χ3v) is 4.30. The summed E-state index contributed by atoms with van der Waals surface area (Å²) in [6, 6.07) is 15.9. The Balaban J connectivity index is 1.65. The Morgan fingerprint density at radius 1 is 1.17 bits per heavy atom. The second kappa shape index (κ2) is 6.79. The summed E-state index contributed by atoms with van der Waals surface area (Å²) in [6.45, 7) is 4.68.